The topological polar surface area (TPSA) is 30.5 Å². The molecule has 0 aliphatic heterocycles. The van der Waals surface area contributed by atoms with E-state index < -0.39 is 11.6 Å². The molecule has 0 saturated heterocycles. The average Bonchev–Trinajstić information content (AvgIpc) is 2.33. The average molecular weight is 271 g/mol. The summed E-state index contributed by atoms with van der Waals surface area (Å²) in [4.78, 5) is 0. The Morgan fingerprint density at radius 3 is 2.47 bits per heavy atom. The van der Waals surface area contributed by atoms with Gasteiger partial charge >= 0.3 is 0 Å². The van der Waals surface area contributed by atoms with Crippen molar-refractivity contribution in [1.29, 1.82) is 0 Å². The molecule has 1 aliphatic rings. The van der Waals surface area contributed by atoms with Gasteiger partial charge in [-0.1, -0.05) is 6.92 Å². The summed E-state index contributed by atoms with van der Waals surface area (Å²) in [6.07, 6.45) is 0.540. The van der Waals surface area contributed by atoms with Crippen LogP contribution in [-0.4, -0.2) is 31.4 Å². The van der Waals surface area contributed by atoms with Gasteiger partial charge in [0.15, 0.2) is 0 Å². The summed E-state index contributed by atoms with van der Waals surface area (Å²) in [5, 5.41) is 3.30. The van der Waals surface area contributed by atoms with Crippen LogP contribution in [0.2, 0.25) is 0 Å². The van der Waals surface area contributed by atoms with Crippen LogP contribution in [0.15, 0.2) is 18.2 Å². The Morgan fingerprint density at radius 2 is 1.89 bits per heavy atom. The van der Waals surface area contributed by atoms with E-state index in [1.165, 1.54) is 12.1 Å². The first kappa shape index (κ1) is 14.2. The Kier molecular flexibility index (Phi) is 4.71. The summed E-state index contributed by atoms with van der Waals surface area (Å²) in [5.74, 6) is -1.06. The number of halogens is 2. The third-order valence-corrected chi connectivity index (χ3v) is 3.20. The lowest BCUT2D eigenvalue weighted by Crippen LogP contribution is -2.61. The van der Waals surface area contributed by atoms with Gasteiger partial charge in [-0.2, -0.15) is 0 Å². The molecule has 1 saturated carbocycles. The summed E-state index contributed by atoms with van der Waals surface area (Å²) in [7, 11) is 0. The zero-order valence-corrected chi connectivity index (χ0v) is 11.2. The maximum atomic E-state index is 13.1. The van der Waals surface area contributed by atoms with Gasteiger partial charge in [-0.15, -0.1) is 0 Å². The Hall–Kier alpha value is -1.20. The number of hydrogen-bond acceptors (Lipinski definition) is 3. The first-order valence-electron chi connectivity index (χ1n) is 6.61. The number of benzene rings is 1. The van der Waals surface area contributed by atoms with Crippen molar-refractivity contribution < 1.29 is 18.3 Å². The van der Waals surface area contributed by atoms with Crippen molar-refractivity contribution in [3.8, 4) is 5.75 Å². The Balaban J connectivity index is 1.98. The zero-order valence-electron chi connectivity index (χ0n) is 11.2. The molecular formula is C14H19F2NO2. The lowest BCUT2D eigenvalue weighted by Gasteiger charge is -2.44. The van der Waals surface area contributed by atoms with Gasteiger partial charge in [-0.3, -0.25) is 0 Å². The van der Waals surface area contributed by atoms with E-state index in [4.69, 9.17) is 9.47 Å². The normalized spacial score (nSPS) is 26.0. The van der Waals surface area contributed by atoms with Crippen molar-refractivity contribution in [2.75, 3.05) is 13.2 Å². The van der Waals surface area contributed by atoms with Gasteiger partial charge < -0.3 is 14.8 Å². The molecule has 1 aromatic carbocycles. The minimum atomic E-state index is -0.634. The highest BCUT2D eigenvalue weighted by atomic mass is 19.1. The van der Waals surface area contributed by atoms with Crippen LogP contribution in [0.25, 0.3) is 0 Å². The lowest BCUT2D eigenvalue weighted by atomic mass is 9.85. The van der Waals surface area contributed by atoms with E-state index in [0.717, 1.165) is 19.0 Å². The van der Waals surface area contributed by atoms with Crippen LogP contribution < -0.4 is 10.1 Å². The second-order valence-corrected chi connectivity index (χ2v) is 4.58. The minimum absolute atomic E-state index is 0.0729. The predicted molar refractivity (Wildman–Crippen MR) is 68.3 cm³/mol. The fraction of sp³-hybridized carbons (Fsp3) is 0.571. The highest BCUT2D eigenvalue weighted by Gasteiger charge is 2.43. The second kappa shape index (κ2) is 6.30. The van der Waals surface area contributed by atoms with Crippen LogP contribution in [0, 0.1) is 11.6 Å². The van der Waals surface area contributed by atoms with Crippen LogP contribution in [0.4, 0.5) is 8.78 Å². The molecule has 3 nitrogen and oxygen atoms in total. The van der Waals surface area contributed by atoms with Crippen molar-refractivity contribution in [2.24, 2.45) is 0 Å². The molecular weight excluding hydrogens is 252 g/mol. The van der Waals surface area contributed by atoms with Gasteiger partial charge in [0.2, 0.25) is 0 Å². The van der Waals surface area contributed by atoms with E-state index in [1.807, 2.05) is 13.8 Å². The Morgan fingerprint density at radius 1 is 1.21 bits per heavy atom. The van der Waals surface area contributed by atoms with Gasteiger partial charge in [0.1, 0.15) is 29.6 Å². The molecule has 1 N–H and O–H groups in total. The fourth-order valence-corrected chi connectivity index (χ4v) is 2.35. The summed E-state index contributed by atoms with van der Waals surface area (Å²) < 4.78 is 37.4. The van der Waals surface area contributed by atoms with E-state index >= 15 is 0 Å². The van der Waals surface area contributed by atoms with Crippen molar-refractivity contribution in [1.82, 2.24) is 5.32 Å². The molecule has 19 heavy (non-hydrogen) atoms. The SMILES string of the molecule is CCNC1CC(Oc2cc(F)cc(F)c2)C1OCC. The van der Waals surface area contributed by atoms with Crippen molar-refractivity contribution in [3.63, 3.8) is 0 Å². The van der Waals surface area contributed by atoms with Crippen LogP contribution in [0.5, 0.6) is 5.75 Å². The Labute approximate surface area is 111 Å². The molecule has 3 atom stereocenters. The summed E-state index contributed by atoms with van der Waals surface area (Å²) in [6.45, 7) is 5.39. The van der Waals surface area contributed by atoms with Crippen LogP contribution in [0.1, 0.15) is 20.3 Å². The number of nitrogens with one attached hydrogen (secondary N) is 1. The standard InChI is InChI=1S/C14H19F2NO2/c1-3-17-12-8-13(14(12)18-4-2)19-11-6-9(15)5-10(16)7-11/h5-7,12-14,17H,3-4,8H2,1-2H3. The maximum absolute atomic E-state index is 13.1. The first-order valence-corrected chi connectivity index (χ1v) is 6.61. The van der Waals surface area contributed by atoms with Gasteiger partial charge in [0, 0.05) is 37.3 Å². The van der Waals surface area contributed by atoms with Crippen LogP contribution >= 0.6 is 0 Å². The van der Waals surface area contributed by atoms with E-state index in [2.05, 4.69) is 5.32 Å². The fourth-order valence-electron chi connectivity index (χ4n) is 2.35. The molecule has 1 aliphatic carbocycles. The monoisotopic (exact) mass is 271 g/mol. The molecule has 5 heteroatoms. The molecule has 0 radical (unpaired) electrons. The predicted octanol–water partition coefficient (Wildman–Crippen LogP) is 2.50. The number of hydrogen-bond donors (Lipinski definition) is 1. The third-order valence-electron chi connectivity index (χ3n) is 3.20. The number of rotatable bonds is 6. The lowest BCUT2D eigenvalue weighted by molar-refractivity contribution is -0.104. The van der Waals surface area contributed by atoms with Crippen molar-refractivity contribution in [3.05, 3.63) is 29.8 Å². The molecule has 0 bridgehead atoms. The third kappa shape index (κ3) is 3.42. The van der Waals surface area contributed by atoms with Gasteiger partial charge in [-0.25, -0.2) is 8.78 Å². The van der Waals surface area contributed by atoms with E-state index in [0.29, 0.717) is 6.61 Å². The molecule has 3 unspecified atom stereocenters. The molecule has 106 valence electrons. The van der Waals surface area contributed by atoms with Gasteiger partial charge in [-0.05, 0) is 13.5 Å². The molecule has 0 amide bonds. The maximum Gasteiger partial charge on any atom is 0.129 e. The number of ether oxygens (including phenoxy) is 2. The van der Waals surface area contributed by atoms with Crippen molar-refractivity contribution in [2.45, 2.75) is 38.5 Å². The van der Waals surface area contributed by atoms with Crippen LogP contribution in [0.3, 0.4) is 0 Å². The highest BCUT2D eigenvalue weighted by molar-refractivity contribution is 5.24. The Bertz CT molecular complexity index is 408. The molecule has 0 heterocycles. The smallest absolute Gasteiger partial charge is 0.129 e. The largest absolute Gasteiger partial charge is 0.487 e. The van der Waals surface area contributed by atoms with E-state index in [9.17, 15) is 8.78 Å². The molecule has 1 fully saturated rings. The first-order chi connectivity index (χ1) is 9.13. The molecule has 0 aromatic heterocycles. The van der Waals surface area contributed by atoms with E-state index in [1.54, 1.807) is 0 Å². The number of likely N-dealkylation sites (N-methyl/N-ethyl adjacent to an activating group) is 1. The molecule has 0 spiro atoms. The minimum Gasteiger partial charge on any atom is -0.487 e. The summed E-state index contributed by atoms with van der Waals surface area (Å²) in [6, 6.07) is 3.45. The second-order valence-electron chi connectivity index (χ2n) is 4.58. The van der Waals surface area contributed by atoms with E-state index in [-0.39, 0.29) is 24.0 Å². The van der Waals surface area contributed by atoms with Gasteiger partial charge in [0.25, 0.3) is 0 Å². The highest BCUT2D eigenvalue weighted by Crippen LogP contribution is 2.29. The van der Waals surface area contributed by atoms with Crippen molar-refractivity contribution >= 4 is 0 Å². The van der Waals surface area contributed by atoms with Crippen LogP contribution in [-0.2, 0) is 4.74 Å². The quantitative estimate of drug-likeness (QED) is 0.862. The zero-order chi connectivity index (χ0) is 13.8. The summed E-state index contributed by atoms with van der Waals surface area (Å²) in [5.41, 5.74) is 0. The molecule has 2 rings (SSSR count). The van der Waals surface area contributed by atoms with Gasteiger partial charge in [0.05, 0.1) is 0 Å². The molecule has 1 aromatic rings. The summed E-state index contributed by atoms with van der Waals surface area (Å²) >= 11 is 0.